The zero-order chi connectivity index (χ0) is 21.8. The second-order valence-electron chi connectivity index (χ2n) is 6.30. The van der Waals surface area contributed by atoms with E-state index in [1.165, 1.54) is 6.07 Å². The topological polar surface area (TPSA) is 72.2 Å². The van der Waals surface area contributed by atoms with Crippen LogP contribution >= 0.6 is 0 Å². The number of primary amides is 1. The number of carbonyl (C=O) groups excluding carboxylic acids is 2. The van der Waals surface area contributed by atoms with Crippen LogP contribution in [-0.2, 0) is 34.8 Å². The average molecular weight is 418 g/mol. The molecule has 0 bridgehead atoms. The number of benzene rings is 2. The summed E-state index contributed by atoms with van der Waals surface area (Å²) < 4.78 is 76.0. The molecule has 4 nitrogen and oxygen atoms in total. The highest BCUT2D eigenvalue weighted by molar-refractivity contribution is 5.87. The highest BCUT2D eigenvalue weighted by Crippen LogP contribution is 2.30. The molecule has 0 aliphatic heterocycles. The van der Waals surface area contributed by atoms with Crippen LogP contribution in [0.3, 0.4) is 0 Å². The predicted octanol–water partition coefficient (Wildman–Crippen LogP) is 3.48. The molecule has 0 saturated carbocycles. The van der Waals surface area contributed by atoms with Gasteiger partial charge in [0.05, 0.1) is 17.5 Å². The fraction of sp³-hybridized carbons (Fsp3) is 0.263. The van der Waals surface area contributed by atoms with Gasteiger partial charge >= 0.3 is 12.4 Å². The van der Waals surface area contributed by atoms with Crippen LogP contribution in [0.1, 0.15) is 22.3 Å². The third kappa shape index (κ3) is 6.51. The van der Waals surface area contributed by atoms with Crippen LogP contribution in [0.5, 0.6) is 0 Å². The van der Waals surface area contributed by atoms with Crippen LogP contribution in [0, 0.1) is 0 Å². The molecule has 0 saturated heterocycles. The van der Waals surface area contributed by atoms with E-state index in [-0.39, 0.29) is 12.0 Å². The van der Waals surface area contributed by atoms with E-state index in [2.05, 4.69) is 5.32 Å². The Morgan fingerprint density at radius 3 is 1.97 bits per heavy atom. The number of rotatable bonds is 6. The Labute approximate surface area is 161 Å². The lowest BCUT2D eigenvalue weighted by Gasteiger charge is -2.16. The molecule has 2 rings (SSSR count). The number of alkyl halides is 6. The van der Waals surface area contributed by atoms with Gasteiger partial charge < -0.3 is 11.1 Å². The van der Waals surface area contributed by atoms with E-state index < -0.39 is 47.8 Å². The summed E-state index contributed by atoms with van der Waals surface area (Å²) in [6.45, 7) is 0. The van der Waals surface area contributed by atoms with E-state index in [4.69, 9.17) is 5.73 Å². The molecule has 29 heavy (non-hydrogen) atoms. The number of hydrogen-bond acceptors (Lipinski definition) is 2. The van der Waals surface area contributed by atoms with Crippen LogP contribution in [0.2, 0.25) is 0 Å². The molecule has 0 aromatic heterocycles. The summed E-state index contributed by atoms with van der Waals surface area (Å²) in [5.41, 5.74) is 3.84. The number of carbonyl (C=O) groups is 2. The number of halogens is 6. The Morgan fingerprint density at radius 1 is 0.862 bits per heavy atom. The van der Waals surface area contributed by atoms with Crippen molar-refractivity contribution in [2.75, 3.05) is 0 Å². The van der Waals surface area contributed by atoms with Crippen molar-refractivity contribution in [2.45, 2.75) is 31.2 Å². The third-order valence-electron chi connectivity index (χ3n) is 4.02. The monoisotopic (exact) mass is 418 g/mol. The second-order valence-corrected chi connectivity index (χ2v) is 6.30. The Morgan fingerprint density at radius 2 is 1.45 bits per heavy atom. The minimum Gasteiger partial charge on any atom is -0.368 e. The molecule has 0 spiro atoms. The van der Waals surface area contributed by atoms with Gasteiger partial charge in [-0.15, -0.1) is 0 Å². The largest absolute Gasteiger partial charge is 0.416 e. The molecule has 0 aliphatic carbocycles. The van der Waals surface area contributed by atoms with Crippen LogP contribution in [0.15, 0.2) is 48.5 Å². The van der Waals surface area contributed by atoms with E-state index in [0.717, 1.165) is 42.5 Å². The third-order valence-corrected chi connectivity index (χ3v) is 4.02. The molecular weight excluding hydrogens is 402 g/mol. The summed E-state index contributed by atoms with van der Waals surface area (Å²) in [6, 6.07) is 6.88. The lowest BCUT2D eigenvalue weighted by atomic mass is 10.0. The molecule has 3 N–H and O–H groups in total. The number of nitrogens with two attached hydrogens (primary N) is 1. The van der Waals surface area contributed by atoms with Gasteiger partial charge in [0.2, 0.25) is 11.8 Å². The molecular formula is C19H16F6N2O2. The number of amides is 2. The van der Waals surface area contributed by atoms with Crippen molar-refractivity contribution in [1.29, 1.82) is 0 Å². The fourth-order valence-electron chi connectivity index (χ4n) is 2.58. The average Bonchev–Trinajstić information content (AvgIpc) is 2.60. The van der Waals surface area contributed by atoms with E-state index in [1.54, 1.807) is 0 Å². The molecule has 0 radical (unpaired) electrons. The molecule has 2 aromatic carbocycles. The molecule has 10 heteroatoms. The first-order valence-corrected chi connectivity index (χ1v) is 8.27. The van der Waals surface area contributed by atoms with Crippen molar-refractivity contribution < 1.29 is 35.9 Å². The zero-order valence-electron chi connectivity index (χ0n) is 14.8. The van der Waals surface area contributed by atoms with Gasteiger partial charge in [0.15, 0.2) is 0 Å². The maximum absolute atomic E-state index is 12.7. The van der Waals surface area contributed by atoms with Crippen molar-refractivity contribution in [3.8, 4) is 0 Å². The maximum Gasteiger partial charge on any atom is 0.416 e. The number of nitrogens with one attached hydrogen (secondary N) is 1. The molecule has 156 valence electrons. The van der Waals surface area contributed by atoms with Gasteiger partial charge in [0, 0.05) is 6.42 Å². The predicted molar refractivity (Wildman–Crippen MR) is 91.4 cm³/mol. The van der Waals surface area contributed by atoms with Crippen LogP contribution < -0.4 is 11.1 Å². The lowest BCUT2D eigenvalue weighted by Crippen LogP contribution is -2.46. The minimum absolute atomic E-state index is 0.0788. The summed E-state index contributed by atoms with van der Waals surface area (Å²) in [5.74, 6) is -1.68. The van der Waals surface area contributed by atoms with Crippen LogP contribution in [0.25, 0.3) is 0 Å². The van der Waals surface area contributed by atoms with Crippen molar-refractivity contribution in [2.24, 2.45) is 5.73 Å². The second kappa shape index (κ2) is 8.54. The summed E-state index contributed by atoms with van der Waals surface area (Å²) >= 11 is 0. The fourth-order valence-corrected chi connectivity index (χ4v) is 2.58. The van der Waals surface area contributed by atoms with Crippen LogP contribution in [0.4, 0.5) is 26.3 Å². The Hall–Kier alpha value is -3.04. The number of hydrogen-bond donors (Lipinski definition) is 2. The summed E-state index contributed by atoms with van der Waals surface area (Å²) in [7, 11) is 0. The molecule has 2 amide bonds. The van der Waals surface area contributed by atoms with Gasteiger partial charge in [-0.2, -0.15) is 26.3 Å². The van der Waals surface area contributed by atoms with Gasteiger partial charge in [-0.3, -0.25) is 9.59 Å². The first-order valence-electron chi connectivity index (χ1n) is 8.27. The van der Waals surface area contributed by atoms with E-state index in [1.807, 2.05) is 0 Å². The Kier molecular flexibility index (Phi) is 6.55. The van der Waals surface area contributed by atoms with Gasteiger partial charge in [0.1, 0.15) is 6.04 Å². The SMILES string of the molecule is NC(=O)[C@@H](Cc1ccc(C(F)(F)F)cc1)NC(=O)Cc1cccc(C(F)(F)F)c1. The van der Waals surface area contributed by atoms with Gasteiger partial charge in [-0.1, -0.05) is 30.3 Å². The van der Waals surface area contributed by atoms with Gasteiger partial charge in [0.25, 0.3) is 0 Å². The molecule has 0 heterocycles. The first kappa shape index (κ1) is 22.3. The van der Waals surface area contributed by atoms with Crippen molar-refractivity contribution in [1.82, 2.24) is 5.32 Å². The smallest absolute Gasteiger partial charge is 0.368 e. The molecule has 0 unspecified atom stereocenters. The summed E-state index contributed by atoms with van der Waals surface area (Å²) in [5, 5.41) is 2.30. The first-order chi connectivity index (χ1) is 13.4. The Bertz CT molecular complexity index is 876. The minimum atomic E-state index is -4.56. The van der Waals surface area contributed by atoms with Crippen molar-refractivity contribution >= 4 is 11.8 Å². The van der Waals surface area contributed by atoms with Gasteiger partial charge in [-0.05, 0) is 29.3 Å². The van der Waals surface area contributed by atoms with Crippen molar-refractivity contribution in [3.63, 3.8) is 0 Å². The van der Waals surface area contributed by atoms with E-state index in [0.29, 0.717) is 5.56 Å². The molecule has 2 aromatic rings. The lowest BCUT2D eigenvalue weighted by molar-refractivity contribution is -0.138. The highest BCUT2D eigenvalue weighted by atomic mass is 19.4. The van der Waals surface area contributed by atoms with Crippen molar-refractivity contribution in [3.05, 3.63) is 70.8 Å². The van der Waals surface area contributed by atoms with Crippen LogP contribution in [-0.4, -0.2) is 17.9 Å². The van der Waals surface area contributed by atoms with E-state index >= 15 is 0 Å². The quantitative estimate of drug-likeness (QED) is 0.706. The summed E-state index contributed by atoms with van der Waals surface area (Å²) in [6.07, 6.45) is -9.67. The Balaban J connectivity index is 2.05. The zero-order valence-corrected chi connectivity index (χ0v) is 14.8. The highest BCUT2D eigenvalue weighted by Gasteiger charge is 2.31. The maximum atomic E-state index is 12.7. The molecule has 0 fully saturated rings. The summed E-state index contributed by atoms with van der Waals surface area (Å²) in [4.78, 5) is 23.7. The normalized spacial score (nSPS) is 13.0. The standard InChI is InChI=1S/C19H16F6N2O2/c20-18(21,22)13-6-4-11(5-7-13)9-15(17(26)29)27-16(28)10-12-2-1-3-14(8-12)19(23,24)25/h1-8,15H,9-10H2,(H2,26,29)(H,27,28)/t15-/m1/s1. The molecule has 0 aliphatic rings. The van der Waals surface area contributed by atoms with E-state index in [9.17, 15) is 35.9 Å². The van der Waals surface area contributed by atoms with Gasteiger partial charge in [-0.25, -0.2) is 0 Å². The molecule has 1 atom stereocenters.